The Morgan fingerprint density at radius 2 is 1.81 bits per heavy atom. The highest BCUT2D eigenvalue weighted by Gasteiger charge is 2.26. The van der Waals surface area contributed by atoms with Crippen LogP contribution in [0.1, 0.15) is 23.0 Å². The van der Waals surface area contributed by atoms with Crippen molar-refractivity contribution in [2.45, 2.75) is 13.8 Å². The molecule has 0 aliphatic carbocycles. The summed E-state index contributed by atoms with van der Waals surface area (Å²) in [6.45, 7) is 7.53. The van der Waals surface area contributed by atoms with E-state index < -0.39 is 0 Å². The van der Waals surface area contributed by atoms with Crippen LogP contribution in [-0.2, 0) is 0 Å². The molecule has 1 aliphatic heterocycles. The van der Waals surface area contributed by atoms with Crippen molar-refractivity contribution in [2.75, 3.05) is 37.7 Å². The number of para-hydroxylation sites is 1. The second-order valence-corrected chi connectivity index (χ2v) is 6.76. The summed E-state index contributed by atoms with van der Waals surface area (Å²) in [5.74, 6) is 1.20. The first-order valence-corrected chi connectivity index (χ1v) is 9.42. The Hall–Kier alpha value is -2.95. The Bertz CT molecular complexity index is 941. The number of furan rings is 1. The molecule has 0 radical (unpaired) electrons. The van der Waals surface area contributed by atoms with E-state index in [0.717, 1.165) is 35.4 Å². The summed E-state index contributed by atoms with van der Waals surface area (Å²) >= 11 is 0. The molecule has 1 amide bonds. The third-order valence-corrected chi connectivity index (χ3v) is 5.10. The van der Waals surface area contributed by atoms with Gasteiger partial charge in [-0.3, -0.25) is 4.79 Å². The maximum Gasteiger partial charge on any atom is 0.290 e. The average molecular weight is 364 g/mol. The van der Waals surface area contributed by atoms with Gasteiger partial charge in [0.1, 0.15) is 11.3 Å². The van der Waals surface area contributed by atoms with Crippen LogP contribution in [0.15, 0.2) is 52.9 Å². The Morgan fingerprint density at radius 1 is 1.07 bits per heavy atom. The highest BCUT2D eigenvalue weighted by Crippen LogP contribution is 2.30. The fraction of sp³-hybridized carbons (Fsp3) is 0.318. The molecule has 0 unspecified atom stereocenters. The van der Waals surface area contributed by atoms with Gasteiger partial charge in [-0.05, 0) is 44.2 Å². The maximum atomic E-state index is 13.0. The first-order chi connectivity index (χ1) is 13.2. The smallest absolute Gasteiger partial charge is 0.290 e. The van der Waals surface area contributed by atoms with E-state index in [4.69, 9.17) is 9.15 Å². The lowest BCUT2D eigenvalue weighted by Crippen LogP contribution is -2.48. The van der Waals surface area contributed by atoms with Gasteiger partial charge >= 0.3 is 0 Å². The van der Waals surface area contributed by atoms with Crippen LogP contribution in [0.25, 0.3) is 11.0 Å². The van der Waals surface area contributed by atoms with Crippen LogP contribution in [0.4, 0.5) is 5.69 Å². The van der Waals surface area contributed by atoms with Gasteiger partial charge in [-0.15, -0.1) is 0 Å². The van der Waals surface area contributed by atoms with Crippen molar-refractivity contribution in [3.63, 3.8) is 0 Å². The Morgan fingerprint density at radius 3 is 2.52 bits per heavy atom. The molecule has 1 aliphatic rings. The van der Waals surface area contributed by atoms with Gasteiger partial charge in [0.2, 0.25) is 0 Å². The van der Waals surface area contributed by atoms with Crippen LogP contribution >= 0.6 is 0 Å². The number of ether oxygens (including phenoxy) is 1. The molecular weight excluding hydrogens is 340 g/mol. The number of amides is 1. The topological polar surface area (TPSA) is 45.9 Å². The number of hydrogen-bond donors (Lipinski definition) is 0. The molecule has 4 rings (SSSR count). The number of nitrogens with zero attached hydrogens (tertiary/aromatic N) is 2. The van der Waals surface area contributed by atoms with E-state index in [1.54, 1.807) is 0 Å². The van der Waals surface area contributed by atoms with E-state index in [9.17, 15) is 4.79 Å². The molecule has 5 heteroatoms. The van der Waals surface area contributed by atoms with Crippen molar-refractivity contribution in [3.8, 4) is 5.75 Å². The van der Waals surface area contributed by atoms with E-state index in [1.165, 1.54) is 5.69 Å². The van der Waals surface area contributed by atoms with Gasteiger partial charge < -0.3 is 19.0 Å². The summed E-state index contributed by atoms with van der Waals surface area (Å²) in [6.07, 6.45) is 0. The molecule has 1 fully saturated rings. The lowest BCUT2D eigenvalue weighted by atomic mass is 10.1. The van der Waals surface area contributed by atoms with Crippen LogP contribution in [0.2, 0.25) is 0 Å². The maximum absolute atomic E-state index is 13.0. The molecule has 5 nitrogen and oxygen atoms in total. The number of piperazine rings is 1. The molecule has 27 heavy (non-hydrogen) atoms. The second kappa shape index (κ2) is 7.35. The van der Waals surface area contributed by atoms with Crippen molar-refractivity contribution in [1.29, 1.82) is 0 Å². The number of benzene rings is 2. The zero-order valence-electron chi connectivity index (χ0n) is 15.8. The summed E-state index contributed by atoms with van der Waals surface area (Å²) in [5.41, 5.74) is 2.80. The highest BCUT2D eigenvalue weighted by molar-refractivity contribution is 5.99. The summed E-state index contributed by atoms with van der Waals surface area (Å²) in [5, 5.41) is 0.937. The predicted octanol–water partition coefficient (Wildman–Crippen LogP) is 4.10. The third-order valence-electron chi connectivity index (χ3n) is 5.10. The van der Waals surface area contributed by atoms with Crippen molar-refractivity contribution in [2.24, 2.45) is 0 Å². The number of rotatable bonds is 4. The molecule has 0 saturated carbocycles. The van der Waals surface area contributed by atoms with E-state index in [2.05, 4.69) is 17.0 Å². The summed E-state index contributed by atoms with van der Waals surface area (Å²) in [6, 6.07) is 16.0. The SMILES string of the molecule is CCOc1ccc2oc(C(=O)N3CCN(c4ccccc4)CC3)c(C)c2c1. The number of carbonyl (C=O) groups is 1. The first-order valence-electron chi connectivity index (χ1n) is 9.42. The van der Waals surface area contributed by atoms with Crippen molar-refractivity contribution < 1.29 is 13.9 Å². The fourth-order valence-electron chi connectivity index (χ4n) is 3.61. The number of carbonyl (C=O) groups excluding carboxylic acids is 1. The molecule has 0 spiro atoms. The van der Waals surface area contributed by atoms with Crippen molar-refractivity contribution >= 4 is 22.6 Å². The molecule has 140 valence electrons. The normalized spacial score (nSPS) is 14.6. The van der Waals surface area contributed by atoms with E-state index in [1.807, 2.05) is 55.1 Å². The van der Waals surface area contributed by atoms with Crippen LogP contribution in [0.5, 0.6) is 5.75 Å². The monoisotopic (exact) mass is 364 g/mol. The minimum Gasteiger partial charge on any atom is -0.494 e. The molecule has 3 aromatic rings. The van der Waals surface area contributed by atoms with Gasteiger partial charge in [0.25, 0.3) is 5.91 Å². The van der Waals surface area contributed by atoms with Crippen molar-refractivity contribution in [1.82, 2.24) is 4.90 Å². The first kappa shape index (κ1) is 17.5. The lowest BCUT2D eigenvalue weighted by molar-refractivity contribution is 0.0716. The fourth-order valence-corrected chi connectivity index (χ4v) is 3.61. The van der Waals surface area contributed by atoms with Gasteiger partial charge in [0, 0.05) is 42.8 Å². The number of aryl methyl sites for hydroxylation is 1. The quantitative estimate of drug-likeness (QED) is 0.699. The standard InChI is InChI=1S/C22H24N2O3/c1-3-26-18-9-10-20-19(15-18)16(2)21(27-20)22(25)24-13-11-23(12-14-24)17-7-5-4-6-8-17/h4-10,15H,3,11-14H2,1-2H3. The zero-order valence-corrected chi connectivity index (χ0v) is 15.8. The summed E-state index contributed by atoms with van der Waals surface area (Å²) < 4.78 is 11.5. The van der Waals surface area contributed by atoms with Crippen molar-refractivity contribution in [3.05, 3.63) is 59.9 Å². The van der Waals surface area contributed by atoms with Gasteiger partial charge in [0.15, 0.2) is 5.76 Å². The van der Waals surface area contributed by atoms with E-state index in [0.29, 0.717) is 25.5 Å². The molecule has 0 N–H and O–H groups in total. The lowest BCUT2D eigenvalue weighted by Gasteiger charge is -2.35. The van der Waals surface area contributed by atoms with E-state index >= 15 is 0 Å². The van der Waals surface area contributed by atoms with E-state index in [-0.39, 0.29) is 5.91 Å². The van der Waals surface area contributed by atoms with Gasteiger partial charge in [0.05, 0.1) is 6.61 Å². The molecule has 0 bridgehead atoms. The number of hydrogen-bond acceptors (Lipinski definition) is 4. The van der Waals surface area contributed by atoms with Crippen LogP contribution in [0, 0.1) is 6.92 Å². The van der Waals surface area contributed by atoms with Gasteiger partial charge in [-0.1, -0.05) is 18.2 Å². The molecular formula is C22H24N2O3. The van der Waals surface area contributed by atoms with Crippen LogP contribution in [0.3, 0.4) is 0 Å². The molecule has 1 saturated heterocycles. The van der Waals surface area contributed by atoms with Crippen LogP contribution in [-0.4, -0.2) is 43.6 Å². The third kappa shape index (κ3) is 3.37. The Kier molecular flexibility index (Phi) is 4.75. The summed E-state index contributed by atoms with van der Waals surface area (Å²) in [4.78, 5) is 17.2. The minimum absolute atomic E-state index is 0.0330. The Labute approximate surface area is 159 Å². The van der Waals surface area contributed by atoms with Gasteiger partial charge in [-0.2, -0.15) is 0 Å². The summed E-state index contributed by atoms with van der Waals surface area (Å²) in [7, 11) is 0. The molecule has 1 aromatic heterocycles. The predicted molar refractivity (Wildman–Crippen MR) is 107 cm³/mol. The molecule has 0 atom stereocenters. The zero-order chi connectivity index (χ0) is 18.8. The average Bonchev–Trinajstić information content (AvgIpc) is 3.05. The Balaban J connectivity index is 1.51. The molecule has 2 heterocycles. The second-order valence-electron chi connectivity index (χ2n) is 6.76. The largest absolute Gasteiger partial charge is 0.494 e. The van der Waals surface area contributed by atoms with Crippen LogP contribution < -0.4 is 9.64 Å². The highest BCUT2D eigenvalue weighted by atomic mass is 16.5. The number of fused-ring (bicyclic) bond motifs is 1. The van der Waals surface area contributed by atoms with Gasteiger partial charge in [-0.25, -0.2) is 0 Å². The molecule has 2 aromatic carbocycles. The minimum atomic E-state index is -0.0330. The number of anilines is 1.